The van der Waals surface area contributed by atoms with Crippen molar-refractivity contribution in [1.29, 1.82) is 0 Å². The first-order valence-corrected chi connectivity index (χ1v) is 6.69. The SMILES string of the molecule is COc1ccc(CNCc2csc(=O)[nH]2)cc1OC. The van der Waals surface area contributed by atoms with Crippen molar-refractivity contribution in [2.24, 2.45) is 0 Å². The van der Waals surface area contributed by atoms with Gasteiger partial charge in [0.2, 0.25) is 0 Å². The van der Waals surface area contributed by atoms with Crippen LogP contribution in [-0.4, -0.2) is 19.2 Å². The van der Waals surface area contributed by atoms with Crippen LogP contribution in [-0.2, 0) is 13.1 Å². The van der Waals surface area contributed by atoms with Crippen LogP contribution in [0.2, 0.25) is 0 Å². The Bertz CT molecular complexity index is 592. The third-order valence-corrected chi connectivity index (χ3v) is 3.38. The Morgan fingerprint density at radius 1 is 1.21 bits per heavy atom. The molecule has 0 saturated carbocycles. The number of aromatic amines is 1. The van der Waals surface area contributed by atoms with Crippen molar-refractivity contribution in [1.82, 2.24) is 10.3 Å². The zero-order valence-corrected chi connectivity index (χ0v) is 11.7. The maximum atomic E-state index is 11.0. The third-order valence-electron chi connectivity index (χ3n) is 2.66. The minimum Gasteiger partial charge on any atom is -0.493 e. The molecule has 0 bridgehead atoms. The fourth-order valence-electron chi connectivity index (χ4n) is 1.73. The standard InChI is InChI=1S/C13H16N2O3S/c1-17-11-4-3-9(5-12(11)18-2)6-14-7-10-8-19-13(16)15-10/h3-5,8,14H,6-7H2,1-2H3,(H,15,16). The van der Waals surface area contributed by atoms with Crippen LogP contribution >= 0.6 is 11.3 Å². The summed E-state index contributed by atoms with van der Waals surface area (Å²) in [6.07, 6.45) is 0. The molecule has 1 heterocycles. The van der Waals surface area contributed by atoms with Gasteiger partial charge < -0.3 is 19.8 Å². The van der Waals surface area contributed by atoms with Crippen LogP contribution in [0, 0.1) is 0 Å². The number of methoxy groups -OCH3 is 2. The largest absolute Gasteiger partial charge is 0.493 e. The predicted octanol–water partition coefficient (Wildman–Crippen LogP) is 1.74. The Morgan fingerprint density at radius 2 is 2.00 bits per heavy atom. The second-order valence-electron chi connectivity index (χ2n) is 3.97. The lowest BCUT2D eigenvalue weighted by atomic mass is 10.2. The van der Waals surface area contributed by atoms with Gasteiger partial charge in [-0.2, -0.15) is 0 Å². The molecule has 0 saturated heterocycles. The van der Waals surface area contributed by atoms with Gasteiger partial charge in [0.25, 0.3) is 0 Å². The van der Waals surface area contributed by atoms with Crippen molar-refractivity contribution < 1.29 is 9.47 Å². The molecule has 2 N–H and O–H groups in total. The van der Waals surface area contributed by atoms with E-state index in [0.29, 0.717) is 24.6 Å². The third kappa shape index (κ3) is 3.59. The van der Waals surface area contributed by atoms with Crippen molar-refractivity contribution in [3.05, 3.63) is 44.5 Å². The average Bonchev–Trinajstić information content (AvgIpc) is 2.84. The number of H-pyrrole nitrogens is 1. The van der Waals surface area contributed by atoms with E-state index in [1.54, 1.807) is 14.2 Å². The molecule has 2 aromatic rings. The number of aromatic nitrogens is 1. The van der Waals surface area contributed by atoms with Gasteiger partial charge in [-0.15, -0.1) is 0 Å². The van der Waals surface area contributed by atoms with Crippen molar-refractivity contribution in [3.63, 3.8) is 0 Å². The minimum atomic E-state index is -0.0251. The topological polar surface area (TPSA) is 63.3 Å². The molecular formula is C13H16N2O3S. The summed E-state index contributed by atoms with van der Waals surface area (Å²) >= 11 is 1.17. The molecule has 102 valence electrons. The first-order chi connectivity index (χ1) is 9.22. The summed E-state index contributed by atoms with van der Waals surface area (Å²) in [6, 6.07) is 5.79. The molecule has 0 aliphatic heterocycles. The highest BCUT2D eigenvalue weighted by Gasteiger charge is 2.04. The maximum absolute atomic E-state index is 11.0. The number of hydrogen-bond donors (Lipinski definition) is 2. The number of thiazole rings is 1. The van der Waals surface area contributed by atoms with E-state index in [1.807, 2.05) is 23.6 Å². The fraction of sp³-hybridized carbons (Fsp3) is 0.308. The lowest BCUT2D eigenvalue weighted by Crippen LogP contribution is -2.13. The van der Waals surface area contributed by atoms with Gasteiger partial charge in [-0.25, -0.2) is 0 Å². The summed E-state index contributed by atoms with van der Waals surface area (Å²) in [4.78, 5) is 13.7. The molecule has 1 aromatic heterocycles. The summed E-state index contributed by atoms with van der Waals surface area (Å²) in [5, 5.41) is 5.08. The van der Waals surface area contributed by atoms with Gasteiger partial charge in [-0.1, -0.05) is 17.4 Å². The molecule has 0 radical (unpaired) electrons. The Hall–Kier alpha value is -1.79. The molecule has 0 spiro atoms. The van der Waals surface area contributed by atoms with Crippen molar-refractivity contribution in [2.45, 2.75) is 13.1 Å². The molecular weight excluding hydrogens is 264 g/mol. The van der Waals surface area contributed by atoms with Crippen LogP contribution in [0.25, 0.3) is 0 Å². The molecule has 0 fully saturated rings. The smallest absolute Gasteiger partial charge is 0.304 e. The second kappa shape index (κ2) is 6.40. The molecule has 0 unspecified atom stereocenters. The van der Waals surface area contributed by atoms with E-state index in [4.69, 9.17) is 9.47 Å². The summed E-state index contributed by atoms with van der Waals surface area (Å²) in [7, 11) is 3.23. The minimum absolute atomic E-state index is 0.0251. The highest BCUT2D eigenvalue weighted by Crippen LogP contribution is 2.27. The number of hydrogen-bond acceptors (Lipinski definition) is 5. The van der Waals surface area contributed by atoms with Crippen LogP contribution in [0.5, 0.6) is 11.5 Å². The van der Waals surface area contributed by atoms with E-state index in [1.165, 1.54) is 11.3 Å². The van der Waals surface area contributed by atoms with Crippen molar-refractivity contribution >= 4 is 11.3 Å². The van der Waals surface area contributed by atoms with Gasteiger partial charge in [0.05, 0.1) is 14.2 Å². The molecule has 0 aliphatic rings. The van der Waals surface area contributed by atoms with E-state index in [-0.39, 0.29) is 4.87 Å². The van der Waals surface area contributed by atoms with E-state index in [2.05, 4.69) is 10.3 Å². The average molecular weight is 280 g/mol. The van der Waals surface area contributed by atoms with Crippen LogP contribution in [0.3, 0.4) is 0 Å². The summed E-state index contributed by atoms with van der Waals surface area (Å²) in [6.45, 7) is 1.32. The molecule has 0 amide bonds. The van der Waals surface area contributed by atoms with Crippen molar-refractivity contribution in [2.75, 3.05) is 14.2 Å². The lowest BCUT2D eigenvalue weighted by molar-refractivity contribution is 0.354. The number of nitrogens with one attached hydrogen (secondary N) is 2. The molecule has 0 atom stereocenters. The summed E-state index contributed by atoms with van der Waals surface area (Å²) in [5.74, 6) is 1.43. The number of ether oxygens (including phenoxy) is 2. The van der Waals surface area contributed by atoms with Crippen LogP contribution < -0.4 is 19.7 Å². The highest BCUT2D eigenvalue weighted by molar-refractivity contribution is 7.07. The van der Waals surface area contributed by atoms with Crippen molar-refractivity contribution in [3.8, 4) is 11.5 Å². The van der Waals surface area contributed by atoms with Gasteiger partial charge in [0.1, 0.15) is 0 Å². The Labute approximate surface area is 115 Å². The molecule has 5 nitrogen and oxygen atoms in total. The zero-order chi connectivity index (χ0) is 13.7. The fourth-order valence-corrected chi connectivity index (χ4v) is 2.31. The summed E-state index contributed by atoms with van der Waals surface area (Å²) in [5.41, 5.74) is 1.99. The molecule has 0 aliphatic carbocycles. The number of benzene rings is 1. The first kappa shape index (κ1) is 13.6. The zero-order valence-electron chi connectivity index (χ0n) is 10.9. The lowest BCUT2D eigenvalue weighted by Gasteiger charge is -2.10. The monoisotopic (exact) mass is 280 g/mol. The van der Waals surface area contributed by atoms with E-state index >= 15 is 0 Å². The van der Waals surface area contributed by atoms with Gasteiger partial charge in [0, 0.05) is 24.2 Å². The Balaban J connectivity index is 1.94. The quantitative estimate of drug-likeness (QED) is 0.846. The second-order valence-corrected chi connectivity index (χ2v) is 4.81. The Kier molecular flexibility index (Phi) is 4.59. The first-order valence-electron chi connectivity index (χ1n) is 5.81. The molecule has 2 rings (SSSR count). The van der Waals surface area contributed by atoms with Gasteiger partial charge in [-0.3, -0.25) is 4.79 Å². The van der Waals surface area contributed by atoms with Crippen LogP contribution in [0.1, 0.15) is 11.3 Å². The van der Waals surface area contributed by atoms with E-state index < -0.39 is 0 Å². The molecule has 1 aromatic carbocycles. The normalized spacial score (nSPS) is 10.4. The van der Waals surface area contributed by atoms with E-state index in [9.17, 15) is 4.79 Å². The predicted molar refractivity (Wildman–Crippen MR) is 75.0 cm³/mol. The van der Waals surface area contributed by atoms with Crippen LogP contribution in [0.15, 0.2) is 28.4 Å². The Morgan fingerprint density at radius 3 is 2.63 bits per heavy atom. The van der Waals surface area contributed by atoms with Crippen LogP contribution in [0.4, 0.5) is 0 Å². The molecule has 19 heavy (non-hydrogen) atoms. The maximum Gasteiger partial charge on any atom is 0.304 e. The number of rotatable bonds is 6. The van der Waals surface area contributed by atoms with E-state index in [0.717, 1.165) is 11.3 Å². The van der Waals surface area contributed by atoms with Gasteiger partial charge in [0.15, 0.2) is 11.5 Å². The summed E-state index contributed by atoms with van der Waals surface area (Å²) < 4.78 is 10.4. The highest BCUT2D eigenvalue weighted by atomic mass is 32.1. The van der Waals surface area contributed by atoms with Gasteiger partial charge >= 0.3 is 4.87 Å². The van der Waals surface area contributed by atoms with Gasteiger partial charge in [-0.05, 0) is 17.7 Å². The molecule has 6 heteroatoms.